The van der Waals surface area contributed by atoms with Gasteiger partial charge in [-0.05, 0) is 13.8 Å². The van der Waals surface area contributed by atoms with Gasteiger partial charge in [0.05, 0.1) is 13.3 Å². The Kier molecular flexibility index (Phi) is 3.82. The first-order valence-electron chi connectivity index (χ1n) is 5.01. The van der Waals surface area contributed by atoms with Crippen LogP contribution in [0.4, 0.5) is 0 Å². The van der Waals surface area contributed by atoms with Crippen LogP contribution in [0.25, 0.3) is 0 Å². The van der Waals surface area contributed by atoms with Gasteiger partial charge in [-0.2, -0.15) is 0 Å². The molecule has 94 valence electrons. The van der Waals surface area contributed by atoms with Crippen LogP contribution >= 0.6 is 0 Å². The molecule has 0 N–H and O–H groups in total. The fourth-order valence-corrected chi connectivity index (χ4v) is 1.16. The highest BCUT2D eigenvalue weighted by Crippen LogP contribution is 2.15. The summed E-state index contributed by atoms with van der Waals surface area (Å²) in [6, 6.07) is 0. The Hall–Kier alpha value is -1.92. The molecule has 0 unspecified atom stereocenters. The lowest BCUT2D eigenvalue weighted by atomic mass is 10.1. The molecule has 1 aromatic rings. The zero-order valence-corrected chi connectivity index (χ0v) is 10.3. The van der Waals surface area contributed by atoms with Crippen LogP contribution in [-0.2, 0) is 31.2 Å². The van der Waals surface area contributed by atoms with Crippen LogP contribution in [-0.4, -0.2) is 34.0 Å². The fourth-order valence-electron chi connectivity index (χ4n) is 1.16. The lowest BCUT2D eigenvalue weighted by molar-refractivity contribution is -0.150. The van der Waals surface area contributed by atoms with Crippen molar-refractivity contribution in [3.63, 3.8) is 0 Å². The predicted molar refractivity (Wildman–Crippen MR) is 56.8 cm³/mol. The van der Waals surface area contributed by atoms with E-state index in [2.05, 4.69) is 15.0 Å². The van der Waals surface area contributed by atoms with Crippen LogP contribution in [0.1, 0.15) is 26.5 Å². The summed E-state index contributed by atoms with van der Waals surface area (Å²) < 4.78 is 10.8. The molecule has 0 radical (unpaired) electrons. The molecule has 1 aromatic heterocycles. The Bertz CT molecular complexity index is 425. The maximum absolute atomic E-state index is 11.5. The molecule has 0 saturated carbocycles. The molecule has 0 atom stereocenters. The van der Waals surface area contributed by atoms with E-state index in [9.17, 15) is 9.59 Å². The fraction of sp³-hybridized carbons (Fsp3) is 0.600. The summed E-state index contributed by atoms with van der Waals surface area (Å²) in [5.74, 6) is -0.826. The van der Waals surface area contributed by atoms with Crippen LogP contribution in [0.2, 0.25) is 0 Å². The van der Waals surface area contributed by atoms with Crippen LogP contribution in [0.3, 0.4) is 0 Å². The van der Waals surface area contributed by atoms with Crippen molar-refractivity contribution >= 4 is 11.9 Å². The van der Waals surface area contributed by atoms with E-state index in [1.165, 1.54) is 18.7 Å². The van der Waals surface area contributed by atoms with E-state index in [0.717, 1.165) is 0 Å². The number of methoxy groups -OCH3 is 1. The average Bonchev–Trinajstić information content (AvgIpc) is 2.74. The highest BCUT2D eigenvalue weighted by molar-refractivity contribution is 5.77. The van der Waals surface area contributed by atoms with Crippen LogP contribution in [0.5, 0.6) is 0 Å². The SMILES string of the molecule is COC(=O)C(C)(C)n1cc(COC(C)=O)nn1. The van der Waals surface area contributed by atoms with Crippen molar-refractivity contribution in [3.8, 4) is 0 Å². The Morgan fingerprint density at radius 2 is 2.12 bits per heavy atom. The molecule has 17 heavy (non-hydrogen) atoms. The van der Waals surface area contributed by atoms with Crippen molar-refractivity contribution in [3.05, 3.63) is 11.9 Å². The number of hydrogen-bond acceptors (Lipinski definition) is 6. The summed E-state index contributed by atoms with van der Waals surface area (Å²) >= 11 is 0. The largest absolute Gasteiger partial charge is 0.467 e. The van der Waals surface area contributed by atoms with Gasteiger partial charge in [0, 0.05) is 6.92 Å². The van der Waals surface area contributed by atoms with E-state index in [0.29, 0.717) is 5.69 Å². The molecule has 0 aliphatic rings. The van der Waals surface area contributed by atoms with Gasteiger partial charge in [-0.25, -0.2) is 9.48 Å². The highest BCUT2D eigenvalue weighted by Gasteiger charge is 2.32. The third-order valence-electron chi connectivity index (χ3n) is 2.22. The zero-order chi connectivity index (χ0) is 13.1. The standard InChI is InChI=1S/C10H15N3O4/c1-7(14)17-6-8-5-13(12-11-8)10(2,3)9(15)16-4/h5H,6H2,1-4H3. The number of nitrogens with zero attached hydrogens (tertiary/aromatic N) is 3. The molecule has 0 aromatic carbocycles. The lowest BCUT2D eigenvalue weighted by Crippen LogP contribution is -2.37. The molecule has 1 rings (SSSR count). The van der Waals surface area contributed by atoms with Crippen LogP contribution in [0.15, 0.2) is 6.20 Å². The molecule has 7 heteroatoms. The quantitative estimate of drug-likeness (QED) is 0.702. The normalized spacial score (nSPS) is 11.1. The molecule has 0 amide bonds. The summed E-state index contributed by atoms with van der Waals surface area (Å²) in [6.45, 7) is 4.65. The molecule has 0 bridgehead atoms. The first kappa shape index (κ1) is 13.1. The third-order valence-corrected chi connectivity index (χ3v) is 2.22. The summed E-state index contributed by atoms with van der Waals surface area (Å²) in [6.07, 6.45) is 1.54. The topological polar surface area (TPSA) is 83.3 Å². The molecule has 0 saturated heterocycles. The van der Waals surface area contributed by atoms with E-state index in [1.54, 1.807) is 20.0 Å². The van der Waals surface area contributed by atoms with Crippen molar-refractivity contribution in [1.29, 1.82) is 0 Å². The minimum Gasteiger partial charge on any atom is -0.467 e. The summed E-state index contributed by atoms with van der Waals surface area (Å²) in [5, 5.41) is 7.61. The van der Waals surface area contributed by atoms with E-state index in [4.69, 9.17) is 4.74 Å². The van der Waals surface area contributed by atoms with Crippen molar-refractivity contribution in [2.24, 2.45) is 0 Å². The maximum atomic E-state index is 11.5. The second kappa shape index (κ2) is 4.94. The monoisotopic (exact) mass is 241 g/mol. The van der Waals surface area contributed by atoms with Gasteiger partial charge in [-0.15, -0.1) is 5.10 Å². The van der Waals surface area contributed by atoms with E-state index >= 15 is 0 Å². The number of aromatic nitrogens is 3. The number of hydrogen-bond donors (Lipinski definition) is 0. The minimum absolute atomic E-state index is 0.0343. The molecular weight excluding hydrogens is 226 g/mol. The average molecular weight is 241 g/mol. The molecule has 0 spiro atoms. The van der Waals surface area contributed by atoms with Crippen molar-refractivity contribution in [1.82, 2.24) is 15.0 Å². The summed E-state index contributed by atoms with van der Waals surface area (Å²) in [7, 11) is 1.31. The van der Waals surface area contributed by atoms with Gasteiger partial charge in [0.15, 0.2) is 5.54 Å². The highest BCUT2D eigenvalue weighted by atomic mass is 16.5. The second-order valence-electron chi connectivity index (χ2n) is 3.99. The molecule has 7 nitrogen and oxygen atoms in total. The number of carbonyl (C=O) groups is 2. The van der Waals surface area contributed by atoms with E-state index in [1.807, 2.05) is 0 Å². The maximum Gasteiger partial charge on any atom is 0.333 e. The molecular formula is C10H15N3O4. The van der Waals surface area contributed by atoms with Gasteiger partial charge < -0.3 is 9.47 Å². The Morgan fingerprint density at radius 3 is 2.65 bits per heavy atom. The lowest BCUT2D eigenvalue weighted by Gasteiger charge is -2.20. The smallest absolute Gasteiger partial charge is 0.333 e. The first-order chi connectivity index (χ1) is 7.87. The van der Waals surface area contributed by atoms with Crippen molar-refractivity contribution in [2.45, 2.75) is 32.9 Å². The molecule has 0 fully saturated rings. The number of esters is 2. The molecule has 0 aliphatic carbocycles. The number of carbonyl (C=O) groups excluding carboxylic acids is 2. The Labute approximate surface area is 98.7 Å². The molecule has 1 heterocycles. The van der Waals surface area contributed by atoms with Gasteiger partial charge in [0.1, 0.15) is 12.3 Å². The Morgan fingerprint density at radius 1 is 1.47 bits per heavy atom. The third kappa shape index (κ3) is 3.02. The Balaban J connectivity index is 2.80. The minimum atomic E-state index is -0.948. The van der Waals surface area contributed by atoms with Crippen LogP contribution in [0, 0.1) is 0 Å². The van der Waals surface area contributed by atoms with Gasteiger partial charge >= 0.3 is 11.9 Å². The van der Waals surface area contributed by atoms with Gasteiger partial charge in [0.2, 0.25) is 0 Å². The molecule has 0 aliphatic heterocycles. The predicted octanol–water partition coefficient (Wildman–Crippen LogP) is 0.249. The second-order valence-corrected chi connectivity index (χ2v) is 3.99. The van der Waals surface area contributed by atoms with Crippen molar-refractivity contribution < 1.29 is 19.1 Å². The number of ether oxygens (including phenoxy) is 2. The van der Waals surface area contributed by atoms with E-state index in [-0.39, 0.29) is 6.61 Å². The number of rotatable bonds is 4. The summed E-state index contributed by atoms with van der Waals surface area (Å²) in [5.41, 5.74) is -0.479. The van der Waals surface area contributed by atoms with Gasteiger partial charge in [-0.3, -0.25) is 4.79 Å². The van der Waals surface area contributed by atoms with Gasteiger partial charge in [-0.1, -0.05) is 5.21 Å². The van der Waals surface area contributed by atoms with Crippen LogP contribution < -0.4 is 0 Å². The first-order valence-corrected chi connectivity index (χ1v) is 5.01. The zero-order valence-electron chi connectivity index (χ0n) is 10.3. The summed E-state index contributed by atoms with van der Waals surface area (Å²) in [4.78, 5) is 22.1. The van der Waals surface area contributed by atoms with Gasteiger partial charge in [0.25, 0.3) is 0 Å². The van der Waals surface area contributed by atoms with E-state index < -0.39 is 17.5 Å². The van der Waals surface area contributed by atoms with Crippen molar-refractivity contribution in [2.75, 3.05) is 7.11 Å².